The van der Waals surface area contributed by atoms with Crippen molar-refractivity contribution in [2.45, 2.75) is 12.8 Å². The van der Waals surface area contributed by atoms with Gasteiger partial charge in [-0.3, -0.25) is 4.79 Å². The Morgan fingerprint density at radius 2 is 2.25 bits per heavy atom. The molecule has 0 unspecified atom stereocenters. The zero-order chi connectivity index (χ0) is 14.4. The van der Waals surface area contributed by atoms with Crippen LogP contribution in [-0.2, 0) is 9.53 Å². The van der Waals surface area contributed by atoms with Crippen molar-refractivity contribution in [1.29, 1.82) is 0 Å². The molecule has 2 N–H and O–H groups in total. The molecule has 1 amide bonds. The first-order valence-electron chi connectivity index (χ1n) is 6.30. The van der Waals surface area contributed by atoms with Gasteiger partial charge in [-0.2, -0.15) is 0 Å². The summed E-state index contributed by atoms with van der Waals surface area (Å²) in [6.07, 6.45) is 4.67. The number of hydrogen-bond donors (Lipinski definition) is 2. The van der Waals surface area contributed by atoms with E-state index in [0.717, 1.165) is 12.8 Å². The van der Waals surface area contributed by atoms with E-state index in [9.17, 15) is 4.79 Å². The third-order valence-corrected chi connectivity index (χ3v) is 3.23. The van der Waals surface area contributed by atoms with Crippen LogP contribution in [0.5, 0.6) is 0 Å². The van der Waals surface area contributed by atoms with Gasteiger partial charge >= 0.3 is 0 Å². The normalized spacial score (nSPS) is 14.2. The van der Waals surface area contributed by atoms with Crippen molar-refractivity contribution < 1.29 is 9.53 Å². The minimum atomic E-state index is -0.0957. The van der Waals surface area contributed by atoms with Crippen LogP contribution >= 0.6 is 23.2 Å². The van der Waals surface area contributed by atoms with Crippen LogP contribution in [0.25, 0.3) is 0 Å². The summed E-state index contributed by atoms with van der Waals surface area (Å²) in [5, 5.41) is 6.77. The molecular weight excluding hydrogens is 301 g/mol. The molecule has 20 heavy (non-hydrogen) atoms. The van der Waals surface area contributed by atoms with E-state index in [0.29, 0.717) is 41.1 Å². The minimum Gasteiger partial charge on any atom is -0.501 e. The number of hydrogen-bond acceptors (Lipinski definition) is 4. The lowest BCUT2D eigenvalue weighted by Gasteiger charge is -2.14. The van der Waals surface area contributed by atoms with Crippen molar-refractivity contribution in [3.63, 3.8) is 0 Å². The summed E-state index contributed by atoms with van der Waals surface area (Å²) >= 11 is 11.7. The van der Waals surface area contributed by atoms with Crippen LogP contribution in [0.4, 0.5) is 5.82 Å². The first kappa shape index (κ1) is 14.9. The molecule has 0 fully saturated rings. The molecule has 2 rings (SSSR count). The molecule has 7 heteroatoms. The summed E-state index contributed by atoms with van der Waals surface area (Å²) in [4.78, 5) is 15.8. The maximum Gasteiger partial charge on any atom is 0.250 e. The molecule has 0 saturated carbocycles. The lowest BCUT2D eigenvalue weighted by atomic mass is 10.1. The highest BCUT2D eigenvalue weighted by Gasteiger charge is 2.12. The molecule has 108 valence electrons. The number of nitrogens with one attached hydrogen (secondary N) is 2. The van der Waals surface area contributed by atoms with Crippen LogP contribution in [0.15, 0.2) is 24.1 Å². The summed E-state index contributed by atoms with van der Waals surface area (Å²) in [7, 11) is 0. The van der Waals surface area contributed by atoms with E-state index < -0.39 is 0 Å². The van der Waals surface area contributed by atoms with Crippen LogP contribution in [-0.4, -0.2) is 30.6 Å². The number of amides is 1. The molecule has 0 aliphatic carbocycles. The number of aromatic nitrogens is 1. The zero-order valence-corrected chi connectivity index (χ0v) is 12.3. The van der Waals surface area contributed by atoms with Crippen LogP contribution in [0.3, 0.4) is 0 Å². The van der Waals surface area contributed by atoms with Crippen molar-refractivity contribution in [2.24, 2.45) is 0 Å². The monoisotopic (exact) mass is 315 g/mol. The van der Waals surface area contributed by atoms with E-state index in [2.05, 4.69) is 15.6 Å². The second kappa shape index (κ2) is 7.36. The Balaban J connectivity index is 1.73. The lowest BCUT2D eigenvalue weighted by Crippen LogP contribution is -2.30. The van der Waals surface area contributed by atoms with Gasteiger partial charge in [0.25, 0.3) is 0 Å². The first-order valence-corrected chi connectivity index (χ1v) is 7.06. The maximum atomic E-state index is 11.8. The summed E-state index contributed by atoms with van der Waals surface area (Å²) in [5.74, 6) is 0.451. The Hall–Kier alpha value is -1.46. The standard InChI is InChI=1S/C13H15Cl2N3O2/c14-10-6-11(15)12(18-7-10)16-3-4-17-13(19)9-2-1-5-20-8-9/h6-8H,1-5H2,(H,16,18)(H,17,19). The SMILES string of the molecule is O=C(NCCNc1ncc(Cl)cc1Cl)C1=COCCC1. The fraction of sp³-hybridized carbons (Fsp3) is 0.385. The molecule has 0 aromatic carbocycles. The topological polar surface area (TPSA) is 63.2 Å². The zero-order valence-electron chi connectivity index (χ0n) is 10.8. The van der Waals surface area contributed by atoms with E-state index in [1.165, 1.54) is 12.5 Å². The summed E-state index contributed by atoms with van der Waals surface area (Å²) < 4.78 is 5.13. The van der Waals surface area contributed by atoms with E-state index in [1.807, 2.05) is 0 Å². The van der Waals surface area contributed by atoms with Crippen molar-refractivity contribution >= 4 is 34.9 Å². The fourth-order valence-corrected chi connectivity index (χ4v) is 2.19. The van der Waals surface area contributed by atoms with Gasteiger partial charge in [0.1, 0.15) is 5.82 Å². The second-order valence-electron chi connectivity index (χ2n) is 4.28. The summed E-state index contributed by atoms with van der Waals surface area (Å²) in [6.45, 7) is 1.67. The predicted molar refractivity (Wildman–Crippen MR) is 79.0 cm³/mol. The van der Waals surface area contributed by atoms with E-state index in [-0.39, 0.29) is 5.91 Å². The average molecular weight is 316 g/mol. The minimum absolute atomic E-state index is 0.0957. The van der Waals surface area contributed by atoms with Gasteiger partial charge in [0, 0.05) is 19.3 Å². The van der Waals surface area contributed by atoms with Gasteiger partial charge in [-0.25, -0.2) is 4.98 Å². The molecule has 0 bridgehead atoms. The smallest absolute Gasteiger partial charge is 0.250 e. The van der Waals surface area contributed by atoms with E-state index >= 15 is 0 Å². The highest BCUT2D eigenvalue weighted by molar-refractivity contribution is 6.35. The van der Waals surface area contributed by atoms with Gasteiger partial charge in [-0.15, -0.1) is 0 Å². The highest BCUT2D eigenvalue weighted by atomic mass is 35.5. The third-order valence-electron chi connectivity index (χ3n) is 2.74. The van der Waals surface area contributed by atoms with Gasteiger partial charge in [0.15, 0.2) is 0 Å². The van der Waals surface area contributed by atoms with Crippen LogP contribution in [0, 0.1) is 0 Å². The van der Waals surface area contributed by atoms with Gasteiger partial charge < -0.3 is 15.4 Å². The molecule has 0 saturated heterocycles. The van der Waals surface area contributed by atoms with Gasteiger partial charge in [-0.05, 0) is 18.9 Å². The largest absolute Gasteiger partial charge is 0.501 e. The molecule has 1 aromatic rings. The number of pyridine rings is 1. The van der Waals surface area contributed by atoms with Crippen molar-refractivity contribution in [3.05, 3.63) is 34.1 Å². The number of anilines is 1. The molecule has 2 heterocycles. The Bertz CT molecular complexity index is 520. The number of carbonyl (C=O) groups is 1. The summed E-state index contributed by atoms with van der Waals surface area (Å²) in [5.41, 5.74) is 0.680. The second-order valence-corrected chi connectivity index (χ2v) is 5.13. The molecule has 0 radical (unpaired) electrons. The Morgan fingerprint density at radius 1 is 1.40 bits per heavy atom. The fourth-order valence-electron chi connectivity index (χ4n) is 1.75. The molecule has 1 aliphatic rings. The van der Waals surface area contributed by atoms with Crippen LogP contribution in [0.2, 0.25) is 10.0 Å². The van der Waals surface area contributed by atoms with Crippen molar-refractivity contribution in [3.8, 4) is 0 Å². The van der Waals surface area contributed by atoms with Gasteiger partial charge in [0.05, 0.1) is 28.5 Å². The molecule has 0 atom stereocenters. The van der Waals surface area contributed by atoms with E-state index in [4.69, 9.17) is 27.9 Å². The van der Waals surface area contributed by atoms with E-state index in [1.54, 1.807) is 6.07 Å². The third kappa shape index (κ3) is 4.28. The highest BCUT2D eigenvalue weighted by Crippen LogP contribution is 2.22. The molecule has 0 spiro atoms. The molecule has 5 nitrogen and oxygen atoms in total. The van der Waals surface area contributed by atoms with Crippen LogP contribution < -0.4 is 10.6 Å². The number of nitrogens with zero attached hydrogens (tertiary/aromatic N) is 1. The Labute approximate surface area is 127 Å². The molecule has 1 aliphatic heterocycles. The van der Waals surface area contributed by atoms with Gasteiger partial charge in [0.2, 0.25) is 5.91 Å². The molecular formula is C13H15Cl2N3O2. The maximum absolute atomic E-state index is 11.8. The number of ether oxygens (including phenoxy) is 1. The summed E-state index contributed by atoms with van der Waals surface area (Å²) in [6, 6.07) is 1.61. The Morgan fingerprint density at radius 3 is 2.95 bits per heavy atom. The number of rotatable bonds is 5. The quantitative estimate of drug-likeness (QED) is 0.820. The first-order chi connectivity index (χ1) is 9.66. The number of halogens is 2. The lowest BCUT2D eigenvalue weighted by molar-refractivity contribution is -0.117. The Kier molecular flexibility index (Phi) is 5.49. The number of carbonyl (C=O) groups excluding carboxylic acids is 1. The average Bonchev–Trinajstić information content (AvgIpc) is 2.46. The van der Waals surface area contributed by atoms with Crippen molar-refractivity contribution in [2.75, 3.05) is 25.0 Å². The van der Waals surface area contributed by atoms with Crippen LogP contribution in [0.1, 0.15) is 12.8 Å². The molecule has 1 aromatic heterocycles. The van der Waals surface area contributed by atoms with Crippen molar-refractivity contribution in [1.82, 2.24) is 10.3 Å². The van der Waals surface area contributed by atoms with Gasteiger partial charge in [-0.1, -0.05) is 23.2 Å². The predicted octanol–water partition coefficient (Wildman–Crippen LogP) is 2.61.